The first kappa shape index (κ1) is 19.9. The number of ether oxygens (including phenoxy) is 1. The molecule has 3 nitrogen and oxygen atoms in total. The smallest absolute Gasteiger partial charge is 0.123 e. The van der Waals surface area contributed by atoms with Gasteiger partial charge in [0.15, 0.2) is 0 Å². The number of benzene rings is 2. The van der Waals surface area contributed by atoms with Gasteiger partial charge >= 0.3 is 0 Å². The van der Waals surface area contributed by atoms with E-state index in [-0.39, 0.29) is 0 Å². The van der Waals surface area contributed by atoms with E-state index in [1.165, 1.54) is 49.7 Å². The Morgan fingerprint density at radius 2 is 1.59 bits per heavy atom. The fourth-order valence-electron chi connectivity index (χ4n) is 4.13. The first-order chi connectivity index (χ1) is 13.3. The number of hydrogen-bond acceptors (Lipinski definition) is 3. The molecule has 2 aromatic rings. The van der Waals surface area contributed by atoms with E-state index in [2.05, 4.69) is 60.0 Å². The SMILES string of the molecule is COc1ccccc1CNC(C)C(NC1CCCCCC1)c1ccccc1. The topological polar surface area (TPSA) is 33.3 Å². The normalized spacial score (nSPS) is 17.9. The lowest BCUT2D eigenvalue weighted by Gasteiger charge is -2.31. The van der Waals surface area contributed by atoms with Gasteiger partial charge in [-0.2, -0.15) is 0 Å². The molecule has 27 heavy (non-hydrogen) atoms. The highest BCUT2D eigenvalue weighted by Gasteiger charge is 2.23. The largest absolute Gasteiger partial charge is 0.496 e. The number of para-hydroxylation sites is 1. The van der Waals surface area contributed by atoms with Crippen LogP contribution in [0, 0.1) is 0 Å². The number of hydrogen-bond donors (Lipinski definition) is 2. The lowest BCUT2D eigenvalue weighted by molar-refractivity contribution is 0.332. The van der Waals surface area contributed by atoms with Crippen LogP contribution in [0.5, 0.6) is 5.75 Å². The second-order valence-electron chi connectivity index (χ2n) is 7.72. The molecule has 2 aromatic carbocycles. The summed E-state index contributed by atoms with van der Waals surface area (Å²) in [6, 6.07) is 20.4. The van der Waals surface area contributed by atoms with E-state index >= 15 is 0 Å². The zero-order chi connectivity index (χ0) is 18.9. The van der Waals surface area contributed by atoms with Gasteiger partial charge in [-0.25, -0.2) is 0 Å². The summed E-state index contributed by atoms with van der Waals surface area (Å²) in [5.41, 5.74) is 2.56. The van der Waals surface area contributed by atoms with Crippen molar-refractivity contribution in [3.63, 3.8) is 0 Å². The zero-order valence-corrected chi connectivity index (χ0v) is 16.8. The van der Waals surface area contributed by atoms with Crippen LogP contribution < -0.4 is 15.4 Å². The molecule has 0 radical (unpaired) electrons. The average Bonchev–Trinajstić information content (AvgIpc) is 3.00. The van der Waals surface area contributed by atoms with Crippen molar-refractivity contribution in [2.24, 2.45) is 0 Å². The van der Waals surface area contributed by atoms with Gasteiger partial charge in [0.05, 0.1) is 7.11 Å². The van der Waals surface area contributed by atoms with Gasteiger partial charge in [-0.15, -0.1) is 0 Å². The number of rotatable bonds is 8. The van der Waals surface area contributed by atoms with Crippen LogP contribution in [0.3, 0.4) is 0 Å². The molecule has 3 rings (SSSR count). The fraction of sp³-hybridized carbons (Fsp3) is 0.500. The van der Waals surface area contributed by atoms with Gasteiger partial charge in [-0.3, -0.25) is 0 Å². The molecule has 0 spiro atoms. The number of nitrogens with one attached hydrogen (secondary N) is 2. The van der Waals surface area contributed by atoms with Gasteiger partial charge in [0.25, 0.3) is 0 Å². The van der Waals surface area contributed by atoms with E-state index in [0.29, 0.717) is 18.1 Å². The Morgan fingerprint density at radius 3 is 2.30 bits per heavy atom. The molecule has 3 heteroatoms. The number of methoxy groups -OCH3 is 1. The van der Waals surface area contributed by atoms with Crippen molar-refractivity contribution in [2.75, 3.05) is 7.11 Å². The van der Waals surface area contributed by atoms with Crippen molar-refractivity contribution in [1.82, 2.24) is 10.6 Å². The van der Waals surface area contributed by atoms with Crippen LogP contribution >= 0.6 is 0 Å². The molecular weight excluding hydrogens is 332 g/mol. The van der Waals surface area contributed by atoms with E-state index in [4.69, 9.17) is 4.74 Å². The summed E-state index contributed by atoms with van der Waals surface area (Å²) in [4.78, 5) is 0. The maximum atomic E-state index is 5.50. The van der Waals surface area contributed by atoms with Crippen molar-refractivity contribution >= 4 is 0 Å². The quantitative estimate of drug-likeness (QED) is 0.628. The molecule has 1 aliphatic carbocycles. The molecule has 0 amide bonds. The van der Waals surface area contributed by atoms with Gasteiger partial charge in [0, 0.05) is 30.2 Å². The highest BCUT2D eigenvalue weighted by atomic mass is 16.5. The zero-order valence-electron chi connectivity index (χ0n) is 16.8. The van der Waals surface area contributed by atoms with Crippen LogP contribution in [-0.4, -0.2) is 19.2 Å². The van der Waals surface area contributed by atoms with E-state index in [9.17, 15) is 0 Å². The third kappa shape index (κ3) is 5.82. The van der Waals surface area contributed by atoms with E-state index in [0.717, 1.165) is 12.3 Å². The minimum absolute atomic E-state index is 0.309. The highest BCUT2D eigenvalue weighted by molar-refractivity contribution is 5.33. The second kappa shape index (κ2) is 10.5. The summed E-state index contributed by atoms with van der Waals surface area (Å²) in [5, 5.41) is 7.72. The van der Waals surface area contributed by atoms with E-state index in [1.54, 1.807) is 7.11 Å². The Morgan fingerprint density at radius 1 is 0.926 bits per heavy atom. The summed E-state index contributed by atoms with van der Waals surface area (Å²) in [7, 11) is 1.74. The molecule has 0 aliphatic heterocycles. The maximum absolute atomic E-state index is 5.50. The third-order valence-corrected chi connectivity index (χ3v) is 5.74. The molecule has 0 aromatic heterocycles. The molecule has 2 atom stereocenters. The predicted molar refractivity (Wildman–Crippen MR) is 113 cm³/mol. The standard InChI is InChI=1S/C24H34N2O/c1-19(25-18-21-14-10-11-17-23(21)27-2)24(20-12-6-5-7-13-20)26-22-15-8-3-4-9-16-22/h5-7,10-14,17,19,22,24-26H,3-4,8-9,15-16,18H2,1-2H3. The van der Waals surface area contributed by atoms with Crippen molar-refractivity contribution in [1.29, 1.82) is 0 Å². The van der Waals surface area contributed by atoms with Gasteiger partial charge < -0.3 is 15.4 Å². The molecule has 0 bridgehead atoms. The molecule has 2 N–H and O–H groups in total. The summed E-state index contributed by atoms with van der Waals surface area (Å²) >= 11 is 0. The Labute approximate surface area is 164 Å². The first-order valence-electron chi connectivity index (χ1n) is 10.4. The van der Waals surface area contributed by atoms with Crippen molar-refractivity contribution < 1.29 is 4.74 Å². The summed E-state index contributed by atoms with van der Waals surface area (Å²) in [6.45, 7) is 3.09. The van der Waals surface area contributed by atoms with Gasteiger partial charge in [0.2, 0.25) is 0 Å². The Bertz CT molecular complexity index is 665. The molecule has 2 unspecified atom stereocenters. The van der Waals surface area contributed by atoms with E-state index in [1.807, 2.05) is 12.1 Å². The Kier molecular flexibility index (Phi) is 7.73. The van der Waals surface area contributed by atoms with Crippen LogP contribution in [-0.2, 0) is 6.54 Å². The third-order valence-electron chi connectivity index (χ3n) is 5.74. The van der Waals surface area contributed by atoms with Crippen LogP contribution in [0.1, 0.15) is 62.6 Å². The Balaban J connectivity index is 1.69. The minimum Gasteiger partial charge on any atom is -0.496 e. The van der Waals surface area contributed by atoms with Gasteiger partial charge in [-0.1, -0.05) is 74.2 Å². The lowest BCUT2D eigenvalue weighted by Crippen LogP contribution is -2.43. The second-order valence-corrected chi connectivity index (χ2v) is 7.72. The fourth-order valence-corrected chi connectivity index (χ4v) is 4.13. The lowest BCUT2D eigenvalue weighted by atomic mass is 9.97. The predicted octanol–water partition coefficient (Wildman–Crippen LogP) is 5.23. The summed E-state index contributed by atoms with van der Waals surface area (Å²) < 4.78 is 5.50. The van der Waals surface area contributed by atoms with Crippen LogP contribution in [0.4, 0.5) is 0 Å². The molecule has 0 heterocycles. The maximum Gasteiger partial charge on any atom is 0.123 e. The molecule has 146 valence electrons. The molecule has 0 saturated heterocycles. The molecular formula is C24H34N2O. The molecule has 1 aliphatic rings. The van der Waals surface area contributed by atoms with Crippen molar-refractivity contribution in [2.45, 2.75) is 70.1 Å². The van der Waals surface area contributed by atoms with Gasteiger partial charge in [-0.05, 0) is 31.4 Å². The summed E-state index contributed by atoms with van der Waals surface area (Å²) in [6.07, 6.45) is 8.06. The highest BCUT2D eigenvalue weighted by Crippen LogP contribution is 2.24. The van der Waals surface area contributed by atoms with E-state index < -0.39 is 0 Å². The van der Waals surface area contributed by atoms with Gasteiger partial charge in [0.1, 0.15) is 5.75 Å². The van der Waals surface area contributed by atoms with Crippen molar-refractivity contribution in [3.05, 3.63) is 65.7 Å². The monoisotopic (exact) mass is 366 g/mol. The minimum atomic E-state index is 0.309. The Hall–Kier alpha value is -1.84. The van der Waals surface area contributed by atoms with Crippen molar-refractivity contribution in [3.8, 4) is 5.75 Å². The average molecular weight is 367 g/mol. The van der Waals surface area contributed by atoms with Crippen LogP contribution in [0.2, 0.25) is 0 Å². The molecule has 1 fully saturated rings. The first-order valence-corrected chi connectivity index (χ1v) is 10.4. The van der Waals surface area contributed by atoms with Crippen LogP contribution in [0.15, 0.2) is 54.6 Å². The van der Waals surface area contributed by atoms with Crippen LogP contribution in [0.25, 0.3) is 0 Å². The summed E-state index contributed by atoms with van der Waals surface area (Å²) in [5.74, 6) is 0.949. The molecule has 1 saturated carbocycles.